The highest BCUT2D eigenvalue weighted by atomic mass is 19.4. The van der Waals surface area contributed by atoms with Crippen molar-refractivity contribution in [3.8, 4) is 11.6 Å². The Bertz CT molecular complexity index is 788. The average molecular weight is 394 g/mol. The van der Waals surface area contributed by atoms with Gasteiger partial charge >= 0.3 is 6.36 Å². The summed E-state index contributed by atoms with van der Waals surface area (Å²) in [7, 11) is 0. The van der Waals surface area contributed by atoms with Gasteiger partial charge in [0.15, 0.2) is 5.96 Å². The van der Waals surface area contributed by atoms with Crippen LogP contribution in [-0.4, -0.2) is 23.9 Å². The van der Waals surface area contributed by atoms with E-state index in [0.29, 0.717) is 31.5 Å². The first-order valence-corrected chi connectivity index (χ1v) is 8.83. The maximum absolute atomic E-state index is 12.1. The molecule has 3 N–H and O–H groups in total. The van der Waals surface area contributed by atoms with Gasteiger partial charge in [-0.25, -0.2) is 9.98 Å². The van der Waals surface area contributed by atoms with Crippen LogP contribution in [0.15, 0.2) is 47.6 Å². The minimum absolute atomic E-state index is 0.227. The number of pyridine rings is 1. The fraction of sp³-hybridized carbons (Fsp3) is 0.368. The third-order valence-corrected chi connectivity index (χ3v) is 4.02. The molecule has 2 aromatic rings. The minimum Gasteiger partial charge on any atom is -0.477 e. The molecule has 0 spiro atoms. The summed E-state index contributed by atoms with van der Waals surface area (Å²) in [6.07, 6.45) is -0.555. The van der Waals surface area contributed by atoms with Crippen molar-refractivity contribution < 1.29 is 22.6 Å². The van der Waals surface area contributed by atoms with Crippen LogP contribution in [0.4, 0.5) is 13.2 Å². The molecule has 0 aliphatic heterocycles. The van der Waals surface area contributed by atoms with Crippen LogP contribution in [0, 0.1) is 5.92 Å². The van der Waals surface area contributed by atoms with E-state index in [1.54, 1.807) is 12.3 Å². The van der Waals surface area contributed by atoms with Crippen LogP contribution >= 0.6 is 0 Å². The number of hydrogen-bond donors (Lipinski definition) is 2. The number of benzene rings is 1. The van der Waals surface area contributed by atoms with Crippen LogP contribution in [0.3, 0.4) is 0 Å². The van der Waals surface area contributed by atoms with Crippen molar-refractivity contribution in [3.63, 3.8) is 0 Å². The van der Waals surface area contributed by atoms with E-state index in [9.17, 15) is 13.2 Å². The third-order valence-electron chi connectivity index (χ3n) is 4.02. The van der Waals surface area contributed by atoms with Crippen LogP contribution in [0.5, 0.6) is 11.6 Å². The summed E-state index contributed by atoms with van der Waals surface area (Å²) in [6.45, 7) is 1.39. The van der Waals surface area contributed by atoms with Crippen LogP contribution < -0.4 is 20.5 Å². The number of alkyl halides is 3. The molecule has 6 nitrogen and oxygen atoms in total. The average Bonchev–Trinajstić information content (AvgIpc) is 3.48. The number of ether oxygens (including phenoxy) is 2. The lowest BCUT2D eigenvalue weighted by atomic mass is 10.2. The first-order chi connectivity index (χ1) is 13.4. The lowest BCUT2D eigenvalue weighted by Gasteiger charge is -2.10. The zero-order chi connectivity index (χ0) is 20.0. The highest BCUT2D eigenvalue weighted by Crippen LogP contribution is 2.29. The quantitative estimate of drug-likeness (QED) is 0.530. The molecule has 1 aromatic carbocycles. The molecule has 0 bridgehead atoms. The molecule has 28 heavy (non-hydrogen) atoms. The monoisotopic (exact) mass is 394 g/mol. The van der Waals surface area contributed by atoms with Crippen LogP contribution in [0.2, 0.25) is 0 Å². The number of aliphatic imine (C=N–C) groups is 1. The van der Waals surface area contributed by atoms with Crippen molar-refractivity contribution in [2.45, 2.75) is 32.3 Å². The van der Waals surface area contributed by atoms with Gasteiger partial charge in [-0.15, -0.1) is 13.2 Å². The first-order valence-electron chi connectivity index (χ1n) is 8.83. The van der Waals surface area contributed by atoms with E-state index in [1.165, 1.54) is 37.1 Å². The van der Waals surface area contributed by atoms with E-state index >= 15 is 0 Å². The Balaban J connectivity index is 1.42. The minimum atomic E-state index is -4.70. The largest absolute Gasteiger partial charge is 0.573 e. The van der Waals surface area contributed by atoms with Gasteiger partial charge in [0.25, 0.3) is 0 Å². The zero-order valence-corrected chi connectivity index (χ0v) is 15.1. The van der Waals surface area contributed by atoms with Gasteiger partial charge in [-0.3, -0.25) is 0 Å². The molecule has 0 atom stereocenters. The summed E-state index contributed by atoms with van der Waals surface area (Å²) in [5.41, 5.74) is 7.45. The first kappa shape index (κ1) is 19.8. The number of nitrogens with zero attached hydrogens (tertiary/aromatic N) is 2. The predicted octanol–water partition coefficient (Wildman–Crippen LogP) is 3.37. The van der Waals surface area contributed by atoms with E-state index in [2.05, 4.69) is 20.0 Å². The molecule has 0 radical (unpaired) electrons. The molecular weight excluding hydrogens is 373 g/mol. The van der Waals surface area contributed by atoms with Crippen molar-refractivity contribution in [1.29, 1.82) is 0 Å². The summed E-state index contributed by atoms with van der Waals surface area (Å²) in [5.74, 6) is 1.23. The topological polar surface area (TPSA) is 81.8 Å². The molecule has 1 aliphatic carbocycles. The van der Waals surface area contributed by atoms with Crippen LogP contribution in [0.25, 0.3) is 0 Å². The van der Waals surface area contributed by atoms with E-state index < -0.39 is 6.36 Å². The molecule has 0 amide bonds. The normalized spacial score (nSPS) is 14.6. The lowest BCUT2D eigenvalue weighted by molar-refractivity contribution is -0.274. The predicted molar refractivity (Wildman–Crippen MR) is 97.7 cm³/mol. The number of aromatic nitrogens is 1. The molecule has 1 aromatic heterocycles. The zero-order valence-electron chi connectivity index (χ0n) is 15.1. The second kappa shape index (κ2) is 8.81. The maximum atomic E-state index is 12.1. The van der Waals surface area contributed by atoms with Gasteiger partial charge in [0.2, 0.25) is 5.88 Å². The lowest BCUT2D eigenvalue weighted by Crippen LogP contribution is -2.31. The van der Waals surface area contributed by atoms with E-state index in [1.807, 2.05) is 6.07 Å². The fourth-order valence-electron chi connectivity index (χ4n) is 2.31. The molecule has 1 heterocycles. The van der Waals surface area contributed by atoms with Crippen LogP contribution in [0.1, 0.15) is 24.0 Å². The smallest absolute Gasteiger partial charge is 0.477 e. The van der Waals surface area contributed by atoms with Crippen LogP contribution in [-0.2, 0) is 13.1 Å². The van der Waals surface area contributed by atoms with Gasteiger partial charge in [-0.05, 0) is 42.0 Å². The Kier molecular flexibility index (Phi) is 6.23. The van der Waals surface area contributed by atoms with Gasteiger partial charge in [0, 0.05) is 18.8 Å². The molecule has 1 aliphatic rings. The van der Waals surface area contributed by atoms with Gasteiger partial charge in [0.05, 0.1) is 13.2 Å². The Hall–Kier alpha value is -2.97. The van der Waals surface area contributed by atoms with Crippen molar-refractivity contribution in [2.75, 3.05) is 6.61 Å². The van der Waals surface area contributed by atoms with Crippen molar-refractivity contribution >= 4 is 5.96 Å². The summed E-state index contributed by atoms with van der Waals surface area (Å²) in [5, 5.41) is 2.91. The maximum Gasteiger partial charge on any atom is 0.573 e. The Morgan fingerprint density at radius 3 is 2.46 bits per heavy atom. The summed E-state index contributed by atoms with van der Waals surface area (Å²) in [6, 6.07) is 9.22. The second-order valence-corrected chi connectivity index (χ2v) is 6.51. The van der Waals surface area contributed by atoms with Gasteiger partial charge in [-0.1, -0.05) is 18.2 Å². The highest BCUT2D eigenvalue weighted by Gasteiger charge is 2.30. The Morgan fingerprint density at radius 1 is 1.14 bits per heavy atom. The number of nitrogens with two attached hydrogens (primary N) is 1. The second-order valence-electron chi connectivity index (χ2n) is 6.51. The molecule has 1 saturated carbocycles. The van der Waals surface area contributed by atoms with Gasteiger partial charge in [-0.2, -0.15) is 0 Å². The molecule has 1 fully saturated rings. The number of halogens is 3. The SMILES string of the molecule is NC(=NCc1ccc(OCC2CC2)nc1)NCc1ccc(OC(F)(F)F)cc1. The molecule has 0 unspecified atom stereocenters. The van der Waals surface area contributed by atoms with Gasteiger partial charge in [0.1, 0.15) is 5.75 Å². The Labute approximate surface area is 160 Å². The summed E-state index contributed by atoms with van der Waals surface area (Å²) >= 11 is 0. The number of nitrogens with one attached hydrogen (secondary N) is 1. The summed E-state index contributed by atoms with van der Waals surface area (Å²) in [4.78, 5) is 8.46. The number of hydrogen-bond acceptors (Lipinski definition) is 4. The van der Waals surface area contributed by atoms with E-state index in [4.69, 9.17) is 10.5 Å². The molecule has 3 rings (SSSR count). The van der Waals surface area contributed by atoms with Crippen molar-refractivity contribution in [1.82, 2.24) is 10.3 Å². The molecular formula is C19H21F3N4O2. The van der Waals surface area contributed by atoms with Crippen molar-refractivity contribution in [3.05, 3.63) is 53.7 Å². The van der Waals surface area contributed by atoms with E-state index in [0.717, 1.165) is 11.1 Å². The number of rotatable bonds is 8. The number of guanidine groups is 1. The Morgan fingerprint density at radius 2 is 1.86 bits per heavy atom. The third kappa shape index (κ3) is 6.98. The fourth-order valence-corrected chi connectivity index (χ4v) is 2.31. The molecule has 150 valence electrons. The van der Waals surface area contributed by atoms with E-state index in [-0.39, 0.29) is 11.7 Å². The standard InChI is InChI=1S/C19H21F3N4O2/c20-19(21,22)28-16-6-3-13(4-7-16)9-25-18(23)26-11-15-5-8-17(24-10-15)27-12-14-1-2-14/h3-8,10,14H,1-2,9,11-12H2,(H3,23,25,26). The highest BCUT2D eigenvalue weighted by molar-refractivity contribution is 5.77. The van der Waals surface area contributed by atoms with Gasteiger partial charge < -0.3 is 20.5 Å². The molecule has 9 heteroatoms. The van der Waals surface area contributed by atoms with Crippen molar-refractivity contribution in [2.24, 2.45) is 16.6 Å². The summed E-state index contributed by atoms with van der Waals surface area (Å²) < 4.78 is 45.8. The molecule has 0 saturated heterocycles.